The Morgan fingerprint density at radius 1 is 1.47 bits per heavy atom. The third-order valence-electron chi connectivity index (χ3n) is 1.91. The van der Waals surface area contributed by atoms with Crippen LogP contribution in [0.4, 0.5) is 8.78 Å². The highest BCUT2D eigenvalue weighted by atomic mass is 79.9. The summed E-state index contributed by atoms with van der Waals surface area (Å²) in [6.07, 6.45) is -2.74. The van der Waals surface area contributed by atoms with Crippen molar-refractivity contribution in [3.63, 3.8) is 0 Å². The predicted molar refractivity (Wildman–Crippen MR) is 55.8 cm³/mol. The molecule has 0 heterocycles. The molecule has 0 saturated heterocycles. The van der Waals surface area contributed by atoms with Crippen LogP contribution in [-0.4, -0.2) is 15.7 Å². The molecule has 1 rings (SSSR count). The third-order valence-corrected chi connectivity index (χ3v) is 2.33. The van der Waals surface area contributed by atoms with Crippen LogP contribution in [0.5, 0.6) is 5.75 Å². The van der Waals surface area contributed by atoms with Crippen molar-refractivity contribution in [2.75, 3.05) is 0 Å². The van der Waals surface area contributed by atoms with Gasteiger partial charge < -0.3 is 5.11 Å². The van der Waals surface area contributed by atoms with Crippen LogP contribution in [0.1, 0.15) is 29.3 Å². The van der Waals surface area contributed by atoms with Gasteiger partial charge in [0.2, 0.25) is 0 Å². The minimum absolute atomic E-state index is 0.210. The first kappa shape index (κ1) is 12.1. The Morgan fingerprint density at radius 2 is 2.07 bits per heavy atom. The van der Waals surface area contributed by atoms with Crippen molar-refractivity contribution < 1.29 is 18.7 Å². The number of benzene rings is 1. The van der Waals surface area contributed by atoms with Crippen LogP contribution in [0.2, 0.25) is 0 Å². The summed E-state index contributed by atoms with van der Waals surface area (Å²) >= 11 is 3.07. The lowest BCUT2D eigenvalue weighted by molar-refractivity contribution is 0.0994. The van der Waals surface area contributed by atoms with Crippen molar-refractivity contribution >= 4 is 21.7 Å². The van der Waals surface area contributed by atoms with Crippen LogP contribution < -0.4 is 0 Å². The molecule has 0 bridgehead atoms. The Kier molecular flexibility index (Phi) is 3.79. The summed E-state index contributed by atoms with van der Waals surface area (Å²) in [5, 5.41) is 9.24. The number of halogens is 3. The normalized spacial score (nSPS) is 12.9. The van der Waals surface area contributed by atoms with Crippen LogP contribution in [0.25, 0.3) is 0 Å². The van der Waals surface area contributed by atoms with E-state index >= 15 is 0 Å². The van der Waals surface area contributed by atoms with Crippen molar-refractivity contribution in [1.29, 1.82) is 0 Å². The first-order chi connectivity index (χ1) is 6.93. The van der Waals surface area contributed by atoms with E-state index in [0.29, 0.717) is 0 Å². The Morgan fingerprint density at radius 3 is 2.47 bits per heavy atom. The molecule has 0 aliphatic heterocycles. The van der Waals surface area contributed by atoms with E-state index in [2.05, 4.69) is 15.9 Å². The molecule has 2 nitrogen and oxygen atoms in total. The topological polar surface area (TPSA) is 37.3 Å². The molecule has 15 heavy (non-hydrogen) atoms. The number of phenolic OH excluding ortho intramolecular Hbond substituents is 1. The van der Waals surface area contributed by atoms with Gasteiger partial charge in [-0.3, -0.25) is 4.79 Å². The molecule has 1 N–H and O–H groups in total. The molecule has 1 aromatic rings. The van der Waals surface area contributed by atoms with Gasteiger partial charge in [0.1, 0.15) is 5.75 Å². The van der Waals surface area contributed by atoms with Gasteiger partial charge in [0.05, 0.1) is 10.4 Å². The molecular weight excluding hydrogens is 270 g/mol. The molecule has 1 aromatic carbocycles. The van der Waals surface area contributed by atoms with Crippen molar-refractivity contribution in [2.24, 2.45) is 0 Å². The maximum absolute atomic E-state index is 12.3. The molecule has 1 unspecified atom stereocenters. The van der Waals surface area contributed by atoms with Crippen LogP contribution in [0.15, 0.2) is 18.2 Å². The molecule has 5 heteroatoms. The number of aromatic hydroxyl groups is 1. The van der Waals surface area contributed by atoms with Gasteiger partial charge in [-0.15, -0.1) is 0 Å². The highest BCUT2D eigenvalue weighted by Crippen LogP contribution is 2.29. The Balaban J connectivity index is 3.07. The molecule has 82 valence electrons. The summed E-state index contributed by atoms with van der Waals surface area (Å²) in [5.41, 5.74) is -0.255. The fraction of sp³-hybridized carbons (Fsp3) is 0.300. The first-order valence-electron chi connectivity index (χ1n) is 4.23. The molecule has 0 fully saturated rings. The zero-order chi connectivity index (χ0) is 11.6. The van der Waals surface area contributed by atoms with Crippen LogP contribution in [-0.2, 0) is 0 Å². The molecule has 0 spiro atoms. The zero-order valence-corrected chi connectivity index (χ0v) is 9.46. The minimum Gasteiger partial charge on any atom is -0.507 e. The molecule has 0 aliphatic rings. The first-order valence-corrected chi connectivity index (χ1v) is 5.14. The average molecular weight is 279 g/mol. The lowest BCUT2D eigenvalue weighted by Gasteiger charge is -2.06. The van der Waals surface area contributed by atoms with Gasteiger partial charge in [-0.25, -0.2) is 8.78 Å². The summed E-state index contributed by atoms with van der Waals surface area (Å²) < 4.78 is 24.5. The standard InChI is InChI=1S/C10H9BrF2O2/c1-5(11)9(15)6-2-3-7(10(12)13)8(14)4-6/h2-5,10,14H,1H3. The number of hydrogen-bond donors (Lipinski definition) is 1. The molecule has 0 saturated carbocycles. The van der Waals surface area contributed by atoms with E-state index < -0.39 is 22.6 Å². The van der Waals surface area contributed by atoms with Crippen molar-refractivity contribution in [3.8, 4) is 5.75 Å². The van der Waals surface area contributed by atoms with Crippen molar-refractivity contribution in [3.05, 3.63) is 29.3 Å². The van der Waals surface area contributed by atoms with E-state index in [4.69, 9.17) is 0 Å². The average Bonchev–Trinajstić information content (AvgIpc) is 2.15. The van der Waals surface area contributed by atoms with Gasteiger partial charge in [-0.05, 0) is 19.1 Å². The van der Waals surface area contributed by atoms with Gasteiger partial charge in [-0.2, -0.15) is 0 Å². The molecular formula is C10H9BrF2O2. The van der Waals surface area contributed by atoms with Crippen LogP contribution >= 0.6 is 15.9 Å². The van der Waals surface area contributed by atoms with E-state index in [0.717, 1.165) is 12.1 Å². The molecule has 0 aromatic heterocycles. The highest BCUT2D eigenvalue weighted by molar-refractivity contribution is 9.10. The second-order valence-electron chi connectivity index (χ2n) is 3.05. The molecule has 0 radical (unpaired) electrons. The van der Waals surface area contributed by atoms with Gasteiger partial charge in [0, 0.05) is 5.56 Å². The van der Waals surface area contributed by atoms with Gasteiger partial charge in [0.25, 0.3) is 6.43 Å². The van der Waals surface area contributed by atoms with Crippen LogP contribution in [0.3, 0.4) is 0 Å². The SMILES string of the molecule is CC(Br)C(=O)c1ccc(C(F)F)c(O)c1. The van der Waals surface area contributed by atoms with Crippen LogP contribution in [0, 0.1) is 0 Å². The van der Waals surface area contributed by atoms with Gasteiger partial charge in [-0.1, -0.05) is 22.0 Å². The lowest BCUT2D eigenvalue weighted by Crippen LogP contribution is -2.09. The smallest absolute Gasteiger partial charge is 0.267 e. The summed E-state index contributed by atoms with van der Waals surface area (Å²) in [7, 11) is 0. The number of Topliss-reactive ketones (excluding diaryl/α,β-unsaturated/α-hetero) is 1. The van der Waals surface area contributed by atoms with Crippen molar-refractivity contribution in [1.82, 2.24) is 0 Å². The number of carbonyl (C=O) groups excluding carboxylic acids is 1. The minimum atomic E-state index is -2.74. The highest BCUT2D eigenvalue weighted by Gasteiger charge is 2.17. The molecule has 1 atom stereocenters. The second kappa shape index (κ2) is 4.70. The maximum atomic E-state index is 12.3. The summed E-state index contributed by atoms with van der Waals surface area (Å²) in [5.74, 6) is -0.810. The quantitative estimate of drug-likeness (QED) is 0.681. The largest absolute Gasteiger partial charge is 0.507 e. The Labute approximate surface area is 94.0 Å². The fourth-order valence-electron chi connectivity index (χ4n) is 1.11. The van der Waals surface area contributed by atoms with E-state index in [9.17, 15) is 18.7 Å². The van der Waals surface area contributed by atoms with E-state index in [1.54, 1.807) is 6.92 Å². The monoisotopic (exact) mass is 278 g/mol. The number of hydrogen-bond acceptors (Lipinski definition) is 2. The number of alkyl halides is 3. The number of ketones is 1. The predicted octanol–water partition coefficient (Wildman–Crippen LogP) is 3.30. The summed E-state index contributed by atoms with van der Waals surface area (Å²) in [6, 6.07) is 3.39. The van der Waals surface area contributed by atoms with Gasteiger partial charge >= 0.3 is 0 Å². The summed E-state index contributed by atoms with van der Waals surface area (Å²) in [6.45, 7) is 1.63. The Bertz CT molecular complexity index is 378. The van der Waals surface area contributed by atoms with E-state index in [-0.39, 0.29) is 11.3 Å². The fourth-order valence-corrected chi connectivity index (χ4v) is 1.38. The van der Waals surface area contributed by atoms with Crippen molar-refractivity contribution in [2.45, 2.75) is 18.2 Å². The Hall–Kier alpha value is -0.970. The second-order valence-corrected chi connectivity index (χ2v) is 4.43. The third kappa shape index (κ3) is 2.75. The number of carbonyl (C=O) groups is 1. The zero-order valence-electron chi connectivity index (χ0n) is 7.88. The number of rotatable bonds is 3. The maximum Gasteiger partial charge on any atom is 0.267 e. The summed E-state index contributed by atoms with van der Waals surface area (Å²) in [4.78, 5) is 11.0. The number of phenols is 1. The molecule has 0 aliphatic carbocycles. The van der Waals surface area contributed by atoms with E-state index in [1.807, 2.05) is 0 Å². The van der Waals surface area contributed by atoms with Gasteiger partial charge in [0.15, 0.2) is 5.78 Å². The molecule has 0 amide bonds. The van der Waals surface area contributed by atoms with E-state index in [1.165, 1.54) is 6.07 Å². The lowest BCUT2D eigenvalue weighted by atomic mass is 10.1.